The van der Waals surface area contributed by atoms with Crippen LogP contribution in [0.4, 0.5) is 0 Å². The molecule has 294 valence electrons. The van der Waals surface area contributed by atoms with Crippen molar-refractivity contribution in [1.82, 2.24) is 29.1 Å². The number of hydrogen-bond acceptors (Lipinski definition) is 4. The lowest BCUT2D eigenvalue weighted by Gasteiger charge is -2.21. The lowest BCUT2D eigenvalue weighted by Crippen LogP contribution is -2.07. The maximum absolute atomic E-state index is 5.13. The second-order valence-electron chi connectivity index (χ2n) is 17.1. The highest BCUT2D eigenvalue weighted by atomic mass is 15.1. The number of aryl methyl sites for hydroxylation is 4. The van der Waals surface area contributed by atoms with E-state index in [-0.39, 0.29) is 0 Å². The number of fused-ring (bicyclic) bond motifs is 11. The van der Waals surface area contributed by atoms with Crippen molar-refractivity contribution in [2.45, 2.75) is 39.5 Å². The number of hydrogen-bond donors (Lipinski definition) is 0. The van der Waals surface area contributed by atoms with Crippen LogP contribution < -0.4 is 0 Å². The monoisotopic (exact) mass is 796 g/mol. The van der Waals surface area contributed by atoms with Gasteiger partial charge < -0.3 is 0 Å². The van der Waals surface area contributed by atoms with Crippen molar-refractivity contribution in [2.24, 2.45) is 0 Å². The molecule has 0 spiro atoms. The highest BCUT2D eigenvalue weighted by Crippen LogP contribution is 2.45. The molecule has 5 aromatic carbocycles. The Bertz CT molecular complexity index is 3730. The number of pyridine rings is 4. The molecule has 0 N–H and O–H groups in total. The number of allylic oxidation sites excluding steroid dienone is 1. The van der Waals surface area contributed by atoms with Gasteiger partial charge in [0, 0.05) is 56.1 Å². The van der Waals surface area contributed by atoms with Gasteiger partial charge in [-0.1, -0.05) is 54.6 Å². The van der Waals surface area contributed by atoms with Gasteiger partial charge in [-0.2, -0.15) is 0 Å². The average Bonchev–Trinajstić information content (AvgIpc) is 3.80. The van der Waals surface area contributed by atoms with Gasteiger partial charge in [-0.15, -0.1) is 0 Å². The molecule has 0 unspecified atom stereocenters. The van der Waals surface area contributed by atoms with Crippen molar-refractivity contribution in [3.8, 4) is 34.0 Å². The molecule has 11 aromatic rings. The minimum atomic E-state index is 0.905. The number of para-hydroxylation sites is 2. The molecule has 13 rings (SSSR count). The summed E-state index contributed by atoms with van der Waals surface area (Å²) in [6.07, 6.45) is 10.0. The first kappa shape index (κ1) is 35.1. The number of rotatable bonds is 4. The molecule has 0 saturated carbocycles. The first-order chi connectivity index (χ1) is 30.5. The van der Waals surface area contributed by atoms with Crippen LogP contribution >= 0.6 is 0 Å². The summed E-state index contributed by atoms with van der Waals surface area (Å²) in [5.41, 5.74) is 20.2. The molecule has 0 atom stereocenters. The highest BCUT2D eigenvalue weighted by molar-refractivity contribution is 6.12. The quantitative estimate of drug-likeness (QED) is 0.178. The Kier molecular flexibility index (Phi) is 7.59. The second kappa shape index (κ2) is 13.4. The van der Waals surface area contributed by atoms with Crippen LogP contribution in [0.15, 0.2) is 152 Å². The van der Waals surface area contributed by atoms with Crippen LogP contribution in [0, 0.1) is 13.8 Å². The van der Waals surface area contributed by atoms with E-state index in [9.17, 15) is 0 Å². The number of aromatic nitrogens is 6. The third kappa shape index (κ3) is 5.42. The molecule has 0 radical (unpaired) electrons. The number of nitrogens with zero attached hydrogens (tertiary/aromatic N) is 6. The molecule has 2 aliphatic carbocycles. The van der Waals surface area contributed by atoms with Gasteiger partial charge in [0.15, 0.2) is 0 Å². The molecule has 0 bridgehead atoms. The first-order valence-electron chi connectivity index (χ1n) is 21.6. The van der Waals surface area contributed by atoms with Gasteiger partial charge in [0.1, 0.15) is 11.6 Å². The lowest BCUT2D eigenvalue weighted by molar-refractivity contribution is 0.875. The van der Waals surface area contributed by atoms with E-state index >= 15 is 0 Å². The largest absolute Gasteiger partial charge is 0.298 e. The van der Waals surface area contributed by atoms with E-state index in [1.165, 1.54) is 77.3 Å². The maximum atomic E-state index is 5.13. The normalized spacial score (nSPS) is 13.5. The van der Waals surface area contributed by atoms with E-state index in [1.807, 2.05) is 12.4 Å². The van der Waals surface area contributed by atoms with Gasteiger partial charge in [-0.05, 0) is 169 Å². The van der Waals surface area contributed by atoms with Crippen LogP contribution in [0.25, 0.3) is 100 Å². The van der Waals surface area contributed by atoms with Gasteiger partial charge in [0.05, 0.1) is 39.0 Å². The molecule has 6 heteroatoms. The maximum Gasteiger partial charge on any atom is 0.137 e. The van der Waals surface area contributed by atoms with Crippen molar-refractivity contribution in [3.63, 3.8) is 0 Å². The third-order valence-electron chi connectivity index (χ3n) is 13.3. The predicted octanol–water partition coefficient (Wildman–Crippen LogP) is 13.2. The van der Waals surface area contributed by atoms with Crippen molar-refractivity contribution < 1.29 is 0 Å². The smallest absolute Gasteiger partial charge is 0.137 e. The van der Waals surface area contributed by atoms with Crippen LogP contribution in [0.5, 0.6) is 0 Å². The van der Waals surface area contributed by atoms with Crippen LogP contribution in [-0.2, 0) is 19.3 Å². The van der Waals surface area contributed by atoms with Crippen LogP contribution in [-0.4, -0.2) is 29.1 Å². The summed E-state index contributed by atoms with van der Waals surface area (Å²) in [5.74, 6) is 1.88. The molecule has 2 aliphatic rings. The minimum Gasteiger partial charge on any atom is -0.298 e. The third-order valence-corrected chi connectivity index (χ3v) is 13.3. The highest BCUT2D eigenvalue weighted by Gasteiger charge is 2.27. The fraction of sp³-hybridized carbons (Fsp3) is 0.107. The molecular formula is C56H40N6. The second-order valence-corrected chi connectivity index (χ2v) is 17.1. The van der Waals surface area contributed by atoms with Gasteiger partial charge in [-0.3, -0.25) is 9.13 Å². The molecule has 62 heavy (non-hydrogen) atoms. The lowest BCUT2D eigenvalue weighted by atomic mass is 9.83. The Morgan fingerprint density at radius 2 is 1.06 bits per heavy atom. The Balaban J connectivity index is 1.03. The minimum absolute atomic E-state index is 0.905. The average molecular weight is 797 g/mol. The van der Waals surface area contributed by atoms with Crippen molar-refractivity contribution >= 4 is 66.2 Å². The Morgan fingerprint density at radius 1 is 0.468 bits per heavy atom. The number of benzene rings is 5. The molecule has 0 aliphatic heterocycles. The van der Waals surface area contributed by atoms with Crippen molar-refractivity contribution in [3.05, 3.63) is 191 Å². The van der Waals surface area contributed by atoms with Crippen LogP contribution in [0.2, 0.25) is 0 Å². The van der Waals surface area contributed by atoms with Crippen molar-refractivity contribution in [1.29, 1.82) is 0 Å². The summed E-state index contributed by atoms with van der Waals surface area (Å²) in [6.45, 7) is 4.29. The fourth-order valence-electron chi connectivity index (χ4n) is 10.3. The van der Waals surface area contributed by atoms with Gasteiger partial charge >= 0.3 is 0 Å². The van der Waals surface area contributed by atoms with Crippen LogP contribution in [0.3, 0.4) is 0 Å². The standard InChI is InChI=1S/C56H40N6/c1-33-21-23-57-55(25-33)61-51-19-15-39(49-17-13-35-7-3-5-9-47(35)59-49)29-43(51)45-27-37-11-12-38-28-46-44-30-40(50-18-14-36-8-4-6-10-48(36)60-50)16-20-52(44)62(56-26-34(2)22-24-58-56)54(46)32-42(38)41(37)31-53(45)61/h3-10,13-15,17-19,21-32H,11-12,16,20H2,1-2H3. The molecule has 0 saturated heterocycles. The summed E-state index contributed by atoms with van der Waals surface area (Å²) in [7, 11) is 0. The predicted molar refractivity (Wildman–Crippen MR) is 254 cm³/mol. The van der Waals surface area contributed by atoms with E-state index in [2.05, 4.69) is 169 Å². The molecule has 0 amide bonds. The van der Waals surface area contributed by atoms with Crippen molar-refractivity contribution in [2.75, 3.05) is 0 Å². The molecule has 6 nitrogen and oxygen atoms in total. The van der Waals surface area contributed by atoms with Gasteiger partial charge in [0.25, 0.3) is 0 Å². The Hall–Kier alpha value is -7.70. The first-order valence-corrected chi connectivity index (χ1v) is 21.6. The molecular weight excluding hydrogens is 757 g/mol. The zero-order chi connectivity index (χ0) is 41.1. The SMILES string of the molecule is Cc1ccnc(-n2c3c(c4cc5c(cc42)-c2cc4c(cc2CC5)c2cc(-c5ccc6ccccc6n5)ccc2n4-c2cc(C)ccn2)C=C(c2ccc4ccccc4n2)CC3)c1. The Morgan fingerprint density at radius 3 is 1.76 bits per heavy atom. The summed E-state index contributed by atoms with van der Waals surface area (Å²) in [5, 5.41) is 6.02. The van der Waals surface area contributed by atoms with E-state index in [0.29, 0.717) is 0 Å². The van der Waals surface area contributed by atoms with E-state index < -0.39 is 0 Å². The van der Waals surface area contributed by atoms with E-state index in [0.717, 1.165) is 81.7 Å². The summed E-state index contributed by atoms with van der Waals surface area (Å²) < 4.78 is 4.79. The molecule has 6 heterocycles. The molecule has 0 fully saturated rings. The fourth-order valence-corrected chi connectivity index (χ4v) is 10.3. The zero-order valence-corrected chi connectivity index (χ0v) is 34.5. The molecule has 6 aromatic heterocycles. The van der Waals surface area contributed by atoms with Crippen LogP contribution in [0.1, 0.15) is 45.6 Å². The zero-order valence-electron chi connectivity index (χ0n) is 34.5. The van der Waals surface area contributed by atoms with Gasteiger partial charge in [0.2, 0.25) is 0 Å². The van der Waals surface area contributed by atoms with Gasteiger partial charge in [-0.25, -0.2) is 19.9 Å². The summed E-state index contributed by atoms with van der Waals surface area (Å²) in [4.78, 5) is 20.2. The summed E-state index contributed by atoms with van der Waals surface area (Å²) >= 11 is 0. The van der Waals surface area contributed by atoms with E-state index in [1.54, 1.807) is 0 Å². The Labute approximate surface area is 358 Å². The van der Waals surface area contributed by atoms with E-state index in [4.69, 9.17) is 19.9 Å². The topological polar surface area (TPSA) is 61.4 Å². The summed E-state index contributed by atoms with van der Waals surface area (Å²) in [6, 6.07) is 50.6.